The molecule has 1 heterocycles. The maximum Gasteiger partial charge on any atom is 0.419 e. The molecule has 0 saturated heterocycles. The van der Waals surface area contributed by atoms with Crippen LogP contribution in [-0.4, -0.2) is 4.57 Å². The van der Waals surface area contributed by atoms with Crippen molar-refractivity contribution in [3.8, 4) is 0 Å². The first kappa shape index (κ1) is 14.2. The van der Waals surface area contributed by atoms with Gasteiger partial charge in [0.1, 0.15) is 0 Å². The van der Waals surface area contributed by atoms with Gasteiger partial charge in [-0.3, -0.25) is 4.57 Å². The highest BCUT2D eigenvalue weighted by molar-refractivity contribution is 6.20. The minimum absolute atomic E-state index is 0.0697. The van der Waals surface area contributed by atoms with Crippen molar-refractivity contribution in [2.75, 3.05) is 0 Å². The summed E-state index contributed by atoms with van der Waals surface area (Å²) in [6, 6.07) is 5.77. The fourth-order valence-corrected chi connectivity index (χ4v) is 2.83. The predicted octanol–water partition coefficient (Wildman–Crippen LogP) is 4.33. The van der Waals surface area contributed by atoms with E-state index in [-0.39, 0.29) is 16.5 Å². The smallest absolute Gasteiger partial charge is 0.408 e. The Morgan fingerprint density at radius 2 is 2.05 bits per heavy atom. The van der Waals surface area contributed by atoms with E-state index in [1.54, 1.807) is 4.57 Å². The number of hydrogen-bond acceptors (Lipinski definition) is 2. The minimum atomic E-state index is -0.309. The molecule has 19 heavy (non-hydrogen) atoms. The Morgan fingerprint density at radius 3 is 2.63 bits per heavy atom. The molecular formula is C15H20ClNO2. The molecular weight excluding hydrogens is 262 g/mol. The van der Waals surface area contributed by atoms with E-state index in [1.807, 2.05) is 25.1 Å². The van der Waals surface area contributed by atoms with Gasteiger partial charge in [-0.15, -0.1) is 11.6 Å². The van der Waals surface area contributed by atoms with Crippen LogP contribution in [0.15, 0.2) is 27.4 Å². The highest BCUT2D eigenvalue weighted by atomic mass is 35.5. The van der Waals surface area contributed by atoms with Crippen LogP contribution in [0.4, 0.5) is 0 Å². The third-order valence-corrected chi connectivity index (χ3v) is 3.57. The number of rotatable bonds is 3. The maximum atomic E-state index is 11.6. The van der Waals surface area contributed by atoms with E-state index in [1.165, 1.54) is 0 Å². The van der Waals surface area contributed by atoms with Gasteiger partial charge in [0.15, 0.2) is 5.58 Å². The Bertz CT molecular complexity index is 634. The van der Waals surface area contributed by atoms with Gasteiger partial charge in [-0.25, -0.2) is 4.79 Å². The second-order valence-electron chi connectivity index (χ2n) is 6.07. The molecule has 0 aliphatic heterocycles. The number of oxazole rings is 1. The van der Waals surface area contributed by atoms with E-state index in [4.69, 9.17) is 16.0 Å². The van der Waals surface area contributed by atoms with Gasteiger partial charge in [0.25, 0.3) is 0 Å². The molecule has 0 saturated carbocycles. The monoisotopic (exact) mass is 281 g/mol. The molecule has 0 radical (unpaired) electrons. The van der Waals surface area contributed by atoms with Crippen LogP contribution in [0.1, 0.15) is 45.1 Å². The van der Waals surface area contributed by atoms with Gasteiger partial charge in [0.2, 0.25) is 0 Å². The summed E-state index contributed by atoms with van der Waals surface area (Å²) in [5, 5.41) is -0.0697. The van der Waals surface area contributed by atoms with E-state index in [2.05, 4.69) is 20.8 Å². The van der Waals surface area contributed by atoms with Gasteiger partial charge in [-0.05, 0) is 36.5 Å². The second kappa shape index (κ2) is 5.04. The molecule has 1 aromatic carbocycles. The van der Waals surface area contributed by atoms with Crippen molar-refractivity contribution in [1.29, 1.82) is 0 Å². The molecule has 1 unspecified atom stereocenters. The van der Waals surface area contributed by atoms with Crippen LogP contribution in [0.3, 0.4) is 0 Å². The molecule has 1 atom stereocenters. The van der Waals surface area contributed by atoms with Crippen molar-refractivity contribution in [3.63, 3.8) is 0 Å². The van der Waals surface area contributed by atoms with Crippen LogP contribution in [0, 0.1) is 5.41 Å². The highest BCUT2D eigenvalue weighted by Crippen LogP contribution is 2.35. The average Bonchev–Trinajstić information content (AvgIpc) is 2.60. The number of nitrogens with zero attached hydrogens (tertiary/aromatic N) is 1. The molecule has 0 spiro atoms. The first-order valence-corrected chi connectivity index (χ1v) is 7.03. The molecule has 2 rings (SSSR count). The molecule has 104 valence electrons. The Kier molecular flexibility index (Phi) is 3.77. The van der Waals surface area contributed by atoms with Crippen LogP contribution < -0.4 is 5.76 Å². The Morgan fingerprint density at radius 1 is 1.37 bits per heavy atom. The minimum Gasteiger partial charge on any atom is -0.408 e. The van der Waals surface area contributed by atoms with Gasteiger partial charge in [0.05, 0.1) is 10.9 Å². The van der Waals surface area contributed by atoms with Crippen molar-refractivity contribution in [3.05, 3.63) is 34.3 Å². The molecule has 0 fully saturated rings. The quantitative estimate of drug-likeness (QED) is 0.785. The summed E-state index contributed by atoms with van der Waals surface area (Å²) < 4.78 is 6.88. The van der Waals surface area contributed by atoms with E-state index in [9.17, 15) is 4.79 Å². The number of hydrogen-bond donors (Lipinski definition) is 0. The van der Waals surface area contributed by atoms with Crippen LogP contribution in [0.25, 0.3) is 11.1 Å². The zero-order valence-electron chi connectivity index (χ0n) is 11.9. The predicted molar refractivity (Wildman–Crippen MR) is 78.8 cm³/mol. The average molecular weight is 282 g/mol. The molecule has 3 nitrogen and oxygen atoms in total. The number of aromatic nitrogens is 1. The lowest BCUT2D eigenvalue weighted by atomic mass is 9.88. The van der Waals surface area contributed by atoms with Gasteiger partial charge in [-0.1, -0.05) is 26.8 Å². The number of halogens is 1. The van der Waals surface area contributed by atoms with E-state index >= 15 is 0 Å². The van der Waals surface area contributed by atoms with Gasteiger partial charge in [0, 0.05) is 6.54 Å². The SMILES string of the molecule is CCn1c(=O)oc2cc(C(Cl)CC(C)(C)C)ccc21. The topological polar surface area (TPSA) is 35.1 Å². The Labute approximate surface area is 118 Å². The van der Waals surface area contributed by atoms with Crippen LogP contribution in [0.2, 0.25) is 0 Å². The maximum absolute atomic E-state index is 11.6. The van der Waals surface area contributed by atoms with E-state index in [0.29, 0.717) is 12.1 Å². The Hall–Kier alpha value is -1.22. The normalized spacial score (nSPS) is 13.9. The van der Waals surface area contributed by atoms with Crippen molar-refractivity contribution in [1.82, 2.24) is 4.57 Å². The molecule has 1 aromatic heterocycles. The summed E-state index contributed by atoms with van der Waals surface area (Å²) in [6.45, 7) is 9.02. The third kappa shape index (κ3) is 3.03. The first-order valence-electron chi connectivity index (χ1n) is 6.59. The summed E-state index contributed by atoms with van der Waals surface area (Å²) in [6.07, 6.45) is 0.874. The fraction of sp³-hybridized carbons (Fsp3) is 0.533. The largest absolute Gasteiger partial charge is 0.419 e. The second-order valence-corrected chi connectivity index (χ2v) is 6.60. The van der Waals surface area contributed by atoms with E-state index < -0.39 is 0 Å². The summed E-state index contributed by atoms with van der Waals surface area (Å²) in [7, 11) is 0. The van der Waals surface area contributed by atoms with Crippen LogP contribution >= 0.6 is 11.6 Å². The molecule has 2 aromatic rings. The molecule has 0 amide bonds. The molecule has 0 aliphatic rings. The molecule has 4 heteroatoms. The standard InChI is InChI=1S/C15H20ClNO2/c1-5-17-12-7-6-10(8-13(12)19-14(17)18)11(16)9-15(2,3)4/h6-8,11H,5,9H2,1-4H3. The number of benzene rings is 1. The third-order valence-electron chi connectivity index (χ3n) is 3.16. The van der Waals surface area contributed by atoms with Crippen molar-refractivity contribution >= 4 is 22.7 Å². The fourth-order valence-electron chi connectivity index (χ4n) is 2.23. The van der Waals surface area contributed by atoms with Gasteiger partial charge < -0.3 is 4.42 Å². The van der Waals surface area contributed by atoms with Crippen molar-refractivity contribution in [2.24, 2.45) is 5.41 Å². The van der Waals surface area contributed by atoms with Gasteiger partial charge >= 0.3 is 5.76 Å². The summed E-state index contributed by atoms with van der Waals surface area (Å²) in [5.41, 5.74) is 2.61. The number of alkyl halides is 1. The number of aryl methyl sites for hydroxylation is 1. The van der Waals surface area contributed by atoms with Crippen molar-refractivity contribution in [2.45, 2.75) is 46.0 Å². The van der Waals surface area contributed by atoms with E-state index in [0.717, 1.165) is 17.5 Å². The zero-order valence-corrected chi connectivity index (χ0v) is 12.6. The molecule has 0 bridgehead atoms. The van der Waals surface area contributed by atoms with Crippen LogP contribution in [-0.2, 0) is 6.54 Å². The summed E-state index contributed by atoms with van der Waals surface area (Å²) in [4.78, 5) is 11.6. The van der Waals surface area contributed by atoms with Gasteiger partial charge in [-0.2, -0.15) is 0 Å². The summed E-state index contributed by atoms with van der Waals surface area (Å²) >= 11 is 6.45. The Balaban J connectivity index is 2.40. The van der Waals surface area contributed by atoms with Crippen molar-refractivity contribution < 1.29 is 4.42 Å². The number of fused-ring (bicyclic) bond motifs is 1. The molecule has 0 aliphatic carbocycles. The first-order chi connectivity index (χ1) is 8.81. The highest BCUT2D eigenvalue weighted by Gasteiger charge is 2.19. The van der Waals surface area contributed by atoms with Crippen LogP contribution in [0.5, 0.6) is 0 Å². The molecule has 0 N–H and O–H groups in total. The lowest BCUT2D eigenvalue weighted by Crippen LogP contribution is -2.12. The zero-order chi connectivity index (χ0) is 14.2. The summed E-state index contributed by atoms with van der Waals surface area (Å²) in [5.74, 6) is -0.309. The lowest BCUT2D eigenvalue weighted by Gasteiger charge is -2.21. The lowest BCUT2D eigenvalue weighted by molar-refractivity contribution is 0.372.